The first kappa shape index (κ1) is 15.7. The van der Waals surface area contributed by atoms with Crippen LogP contribution in [0.25, 0.3) is 0 Å². The quantitative estimate of drug-likeness (QED) is 0.890. The van der Waals surface area contributed by atoms with Gasteiger partial charge in [-0.2, -0.15) is 0 Å². The van der Waals surface area contributed by atoms with Gasteiger partial charge in [-0.15, -0.1) is 0 Å². The topological polar surface area (TPSA) is 60.8 Å². The molecular formula is C19H21NO3. The van der Waals surface area contributed by atoms with Crippen LogP contribution < -0.4 is 4.90 Å². The van der Waals surface area contributed by atoms with Crippen LogP contribution in [-0.2, 0) is 16.8 Å². The zero-order valence-corrected chi connectivity index (χ0v) is 13.1. The molecule has 0 aromatic heterocycles. The van der Waals surface area contributed by atoms with Gasteiger partial charge in [0, 0.05) is 18.5 Å². The highest BCUT2D eigenvalue weighted by Crippen LogP contribution is 2.42. The molecule has 0 radical (unpaired) electrons. The van der Waals surface area contributed by atoms with Gasteiger partial charge in [0.05, 0.1) is 11.8 Å². The van der Waals surface area contributed by atoms with E-state index in [4.69, 9.17) is 0 Å². The Balaban J connectivity index is 1.88. The number of rotatable bonds is 5. The number of benzene rings is 2. The first-order valence-corrected chi connectivity index (χ1v) is 7.88. The number of carbonyl (C=O) groups is 1. The molecule has 1 aliphatic heterocycles. The molecule has 1 heterocycles. The molecule has 2 aromatic rings. The van der Waals surface area contributed by atoms with Gasteiger partial charge < -0.3 is 15.1 Å². The van der Waals surface area contributed by atoms with Crippen LogP contribution >= 0.6 is 0 Å². The van der Waals surface area contributed by atoms with Gasteiger partial charge >= 0.3 is 0 Å². The van der Waals surface area contributed by atoms with Crippen molar-refractivity contribution in [2.45, 2.75) is 31.5 Å². The van der Waals surface area contributed by atoms with Gasteiger partial charge in [-0.1, -0.05) is 48.5 Å². The fourth-order valence-corrected chi connectivity index (χ4v) is 3.24. The molecule has 23 heavy (non-hydrogen) atoms. The molecule has 2 aromatic carbocycles. The maximum atomic E-state index is 12.8. The molecule has 1 amide bonds. The van der Waals surface area contributed by atoms with Gasteiger partial charge in [-0.3, -0.25) is 4.79 Å². The Hall–Kier alpha value is -2.17. The second-order valence-corrected chi connectivity index (χ2v) is 6.12. The highest BCUT2D eigenvalue weighted by atomic mass is 16.3. The predicted molar refractivity (Wildman–Crippen MR) is 89.1 cm³/mol. The molecule has 2 N–H and O–H groups in total. The van der Waals surface area contributed by atoms with Gasteiger partial charge in [0.1, 0.15) is 0 Å². The third-order valence-corrected chi connectivity index (χ3v) is 4.30. The summed E-state index contributed by atoms with van der Waals surface area (Å²) in [6, 6.07) is 17.2. The number of hydrogen-bond acceptors (Lipinski definition) is 3. The average molecular weight is 311 g/mol. The van der Waals surface area contributed by atoms with Gasteiger partial charge in [0.15, 0.2) is 5.60 Å². The largest absolute Gasteiger partial charge is 0.393 e. The summed E-state index contributed by atoms with van der Waals surface area (Å²) in [6.07, 6.45) is -0.0397. The standard InChI is InChI=1S/C19H21NO3/c1-14(21)13-19(23)16-9-5-6-10-17(16)20(18(19)22)12-11-15-7-3-2-4-8-15/h2-10,14,21,23H,11-13H2,1H3/t14-,19+/m0/s1. The number of nitrogens with zero attached hydrogens (tertiary/aromatic N) is 1. The summed E-state index contributed by atoms with van der Waals surface area (Å²) in [5.41, 5.74) is 0.820. The van der Waals surface area contributed by atoms with E-state index in [1.807, 2.05) is 42.5 Å². The summed E-state index contributed by atoms with van der Waals surface area (Å²) < 4.78 is 0. The van der Waals surface area contributed by atoms with Crippen LogP contribution in [0.4, 0.5) is 5.69 Å². The lowest BCUT2D eigenvalue weighted by atomic mass is 9.90. The molecular weight excluding hydrogens is 290 g/mol. The molecule has 4 nitrogen and oxygen atoms in total. The van der Waals surface area contributed by atoms with Crippen LogP contribution in [0.3, 0.4) is 0 Å². The highest BCUT2D eigenvalue weighted by Gasteiger charge is 2.49. The summed E-state index contributed by atoms with van der Waals surface area (Å²) >= 11 is 0. The number of aliphatic hydroxyl groups is 2. The Kier molecular flexibility index (Phi) is 4.20. The minimum absolute atomic E-state index is 0.00465. The summed E-state index contributed by atoms with van der Waals surface area (Å²) in [5, 5.41) is 20.6. The SMILES string of the molecule is C[C@H](O)C[C@]1(O)C(=O)N(CCc2ccccc2)c2ccccc21. The van der Waals surface area contributed by atoms with E-state index in [1.165, 1.54) is 0 Å². The molecule has 1 aliphatic rings. The smallest absolute Gasteiger partial charge is 0.263 e. The average Bonchev–Trinajstić information content (AvgIpc) is 2.75. The zero-order chi connectivity index (χ0) is 16.4. The van der Waals surface area contributed by atoms with Gasteiger partial charge in [0.2, 0.25) is 0 Å². The zero-order valence-electron chi connectivity index (χ0n) is 13.1. The highest BCUT2D eigenvalue weighted by molar-refractivity contribution is 6.06. The normalized spacial score (nSPS) is 21.3. The summed E-state index contributed by atoms with van der Waals surface area (Å²) in [5.74, 6) is -0.351. The van der Waals surface area contributed by atoms with E-state index in [0.717, 1.165) is 11.3 Å². The number of amides is 1. The van der Waals surface area contributed by atoms with Crippen molar-refractivity contribution in [3.8, 4) is 0 Å². The maximum absolute atomic E-state index is 12.8. The molecule has 3 rings (SSSR count). The lowest BCUT2D eigenvalue weighted by Crippen LogP contribution is -2.42. The Bertz CT molecular complexity index is 699. The number of aliphatic hydroxyl groups excluding tert-OH is 1. The fourth-order valence-electron chi connectivity index (χ4n) is 3.24. The van der Waals surface area contributed by atoms with E-state index >= 15 is 0 Å². The number of carbonyl (C=O) groups excluding carboxylic acids is 1. The van der Waals surface area contributed by atoms with Crippen molar-refractivity contribution < 1.29 is 15.0 Å². The van der Waals surface area contributed by atoms with E-state index in [0.29, 0.717) is 18.5 Å². The lowest BCUT2D eigenvalue weighted by Gasteiger charge is -2.24. The van der Waals surface area contributed by atoms with Crippen molar-refractivity contribution >= 4 is 11.6 Å². The second kappa shape index (κ2) is 6.14. The molecule has 0 spiro atoms. The molecule has 0 saturated carbocycles. The van der Waals surface area contributed by atoms with Crippen molar-refractivity contribution in [1.29, 1.82) is 0 Å². The van der Waals surface area contributed by atoms with Crippen LogP contribution in [0.2, 0.25) is 0 Å². The minimum Gasteiger partial charge on any atom is -0.393 e. The Morgan fingerprint density at radius 3 is 2.43 bits per heavy atom. The number of fused-ring (bicyclic) bond motifs is 1. The van der Waals surface area contributed by atoms with Crippen molar-refractivity contribution in [2.75, 3.05) is 11.4 Å². The molecule has 2 atom stereocenters. The van der Waals surface area contributed by atoms with Crippen molar-refractivity contribution in [2.24, 2.45) is 0 Å². The lowest BCUT2D eigenvalue weighted by molar-refractivity contribution is -0.139. The van der Waals surface area contributed by atoms with E-state index in [1.54, 1.807) is 24.0 Å². The third kappa shape index (κ3) is 2.87. The Morgan fingerprint density at radius 1 is 1.09 bits per heavy atom. The summed E-state index contributed by atoms with van der Waals surface area (Å²) in [7, 11) is 0. The number of anilines is 1. The van der Waals surface area contributed by atoms with E-state index in [9.17, 15) is 15.0 Å². The first-order valence-electron chi connectivity index (χ1n) is 7.88. The van der Waals surface area contributed by atoms with Crippen molar-refractivity contribution in [1.82, 2.24) is 0 Å². The van der Waals surface area contributed by atoms with Gasteiger partial charge in [0.25, 0.3) is 5.91 Å². The van der Waals surface area contributed by atoms with Crippen molar-refractivity contribution in [3.05, 3.63) is 65.7 Å². The number of hydrogen-bond donors (Lipinski definition) is 2. The summed E-state index contributed by atoms with van der Waals surface area (Å²) in [6.45, 7) is 2.09. The van der Waals surface area contributed by atoms with Crippen LogP contribution in [-0.4, -0.2) is 28.8 Å². The molecule has 0 aliphatic carbocycles. The Morgan fingerprint density at radius 2 is 1.74 bits per heavy atom. The molecule has 120 valence electrons. The van der Waals surface area contributed by atoms with E-state index in [2.05, 4.69) is 0 Å². The van der Waals surface area contributed by atoms with E-state index in [-0.39, 0.29) is 12.3 Å². The molecule has 0 bridgehead atoms. The van der Waals surface area contributed by atoms with Gasteiger partial charge in [-0.25, -0.2) is 0 Å². The van der Waals surface area contributed by atoms with Crippen LogP contribution in [0, 0.1) is 0 Å². The fraction of sp³-hybridized carbons (Fsp3) is 0.316. The minimum atomic E-state index is -1.64. The molecule has 0 saturated heterocycles. The Labute approximate surface area is 136 Å². The van der Waals surface area contributed by atoms with Crippen LogP contribution in [0.5, 0.6) is 0 Å². The maximum Gasteiger partial charge on any atom is 0.263 e. The van der Waals surface area contributed by atoms with Gasteiger partial charge in [-0.05, 0) is 25.0 Å². The van der Waals surface area contributed by atoms with E-state index < -0.39 is 11.7 Å². The third-order valence-electron chi connectivity index (χ3n) is 4.30. The van der Waals surface area contributed by atoms with Crippen LogP contribution in [0.15, 0.2) is 54.6 Å². The molecule has 4 heteroatoms. The van der Waals surface area contributed by atoms with Crippen LogP contribution in [0.1, 0.15) is 24.5 Å². The summed E-state index contributed by atoms with van der Waals surface area (Å²) in [4.78, 5) is 14.4. The van der Waals surface area contributed by atoms with Crippen molar-refractivity contribution in [3.63, 3.8) is 0 Å². The predicted octanol–water partition coefficient (Wildman–Crippen LogP) is 2.23. The first-order chi connectivity index (χ1) is 11.0. The molecule has 0 unspecified atom stereocenters. The monoisotopic (exact) mass is 311 g/mol. The molecule has 0 fully saturated rings. The number of para-hydroxylation sites is 1. The second-order valence-electron chi connectivity index (χ2n) is 6.12.